The van der Waals surface area contributed by atoms with Crippen LogP contribution in [0.1, 0.15) is 5.56 Å². The molecule has 0 unspecified atom stereocenters. The van der Waals surface area contributed by atoms with Crippen LogP contribution in [0, 0.1) is 0 Å². The van der Waals surface area contributed by atoms with Crippen molar-refractivity contribution in [3.63, 3.8) is 0 Å². The van der Waals surface area contributed by atoms with Crippen molar-refractivity contribution in [3.8, 4) is 11.5 Å². The van der Waals surface area contributed by atoms with E-state index < -0.39 is 24.4 Å². The summed E-state index contributed by atoms with van der Waals surface area (Å²) >= 11 is 3.31. The summed E-state index contributed by atoms with van der Waals surface area (Å²) in [6.07, 6.45) is 2.71. The van der Waals surface area contributed by atoms with Gasteiger partial charge in [0.15, 0.2) is 18.1 Å². The largest absolute Gasteiger partial charge is 0.493 e. The van der Waals surface area contributed by atoms with Crippen molar-refractivity contribution >= 4 is 45.5 Å². The zero-order valence-corrected chi connectivity index (χ0v) is 18.0. The minimum Gasteiger partial charge on any atom is -0.493 e. The van der Waals surface area contributed by atoms with Crippen molar-refractivity contribution in [2.45, 2.75) is 0 Å². The molecule has 0 saturated carbocycles. The second-order valence-corrected chi connectivity index (χ2v) is 6.71. The van der Waals surface area contributed by atoms with Crippen LogP contribution in [0.5, 0.6) is 11.5 Å². The van der Waals surface area contributed by atoms with Gasteiger partial charge >= 0.3 is 5.97 Å². The molecular weight excluding hydrogens is 456 g/mol. The van der Waals surface area contributed by atoms with Gasteiger partial charge in [-0.15, -0.1) is 0 Å². The highest BCUT2D eigenvalue weighted by Gasteiger charge is 2.09. The van der Waals surface area contributed by atoms with Crippen molar-refractivity contribution in [2.75, 3.05) is 32.7 Å². The van der Waals surface area contributed by atoms with Crippen molar-refractivity contribution in [3.05, 3.63) is 58.6 Å². The van der Waals surface area contributed by atoms with Crippen LogP contribution >= 0.6 is 15.9 Å². The third-order valence-corrected chi connectivity index (χ3v) is 4.45. The lowest BCUT2D eigenvalue weighted by Crippen LogP contribution is -2.35. The summed E-state index contributed by atoms with van der Waals surface area (Å²) < 4.78 is 15.9. The Kier molecular flexibility index (Phi) is 8.89. The summed E-state index contributed by atoms with van der Waals surface area (Å²) in [5.74, 6) is -0.608. The summed E-state index contributed by atoms with van der Waals surface area (Å²) in [7, 11) is 3.04. The van der Waals surface area contributed by atoms with E-state index in [9.17, 15) is 14.4 Å². The van der Waals surface area contributed by atoms with E-state index in [1.165, 1.54) is 26.4 Å². The van der Waals surface area contributed by atoms with Gasteiger partial charge in [-0.05, 0) is 51.8 Å². The molecule has 0 aromatic heterocycles. The molecule has 0 heterocycles. The maximum atomic E-state index is 11.9. The number of hydrogen-bond donors (Lipinski definition) is 2. The van der Waals surface area contributed by atoms with Gasteiger partial charge in [0.2, 0.25) is 5.91 Å². The molecule has 0 saturated heterocycles. The average molecular weight is 477 g/mol. The predicted octanol–water partition coefficient (Wildman–Crippen LogP) is 2.78. The molecule has 8 nitrogen and oxygen atoms in total. The maximum absolute atomic E-state index is 11.9. The Balaban J connectivity index is 1.75. The Morgan fingerprint density at radius 2 is 1.73 bits per heavy atom. The van der Waals surface area contributed by atoms with Gasteiger partial charge in [-0.3, -0.25) is 9.59 Å². The standard InChI is InChI=1S/C21H21BrN2O6/c1-28-17-9-7-14(11-18(17)29-2)8-10-21(27)30-13-20(26)23-12-19(25)24-16-6-4-3-5-15(16)22/h3-11H,12-13H2,1-2H3,(H,23,26)(H,24,25)/b10-8+. The van der Waals surface area contributed by atoms with Crippen LogP contribution in [-0.4, -0.2) is 45.2 Å². The van der Waals surface area contributed by atoms with E-state index in [0.717, 1.165) is 4.47 Å². The number of esters is 1. The van der Waals surface area contributed by atoms with Gasteiger partial charge in [0.1, 0.15) is 0 Å². The fraction of sp³-hybridized carbons (Fsp3) is 0.190. The smallest absolute Gasteiger partial charge is 0.331 e. The number of carbonyl (C=O) groups is 3. The molecular formula is C21H21BrN2O6. The lowest BCUT2D eigenvalue weighted by Gasteiger charge is -2.08. The number of benzene rings is 2. The Bertz CT molecular complexity index is 945. The molecule has 0 fully saturated rings. The predicted molar refractivity (Wildman–Crippen MR) is 115 cm³/mol. The van der Waals surface area contributed by atoms with Gasteiger partial charge in [0.25, 0.3) is 5.91 Å². The monoisotopic (exact) mass is 476 g/mol. The molecule has 158 valence electrons. The maximum Gasteiger partial charge on any atom is 0.331 e. The normalized spacial score (nSPS) is 10.4. The molecule has 2 N–H and O–H groups in total. The van der Waals surface area contributed by atoms with E-state index in [-0.39, 0.29) is 6.54 Å². The number of hydrogen-bond acceptors (Lipinski definition) is 6. The highest BCUT2D eigenvalue weighted by Crippen LogP contribution is 2.28. The van der Waals surface area contributed by atoms with Gasteiger partial charge < -0.3 is 24.8 Å². The Hall–Kier alpha value is -3.33. The number of para-hydroxylation sites is 1. The van der Waals surface area contributed by atoms with Gasteiger partial charge in [-0.2, -0.15) is 0 Å². The first-order valence-corrected chi connectivity index (χ1v) is 9.60. The SMILES string of the molecule is COc1ccc(/C=C/C(=O)OCC(=O)NCC(=O)Nc2ccccc2Br)cc1OC. The summed E-state index contributed by atoms with van der Waals surface area (Å²) in [4.78, 5) is 35.4. The van der Waals surface area contributed by atoms with E-state index >= 15 is 0 Å². The lowest BCUT2D eigenvalue weighted by molar-refractivity contribution is -0.143. The zero-order valence-electron chi connectivity index (χ0n) is 16.4. The summed E-state index contributed by atoms with van der Waals surface area (Å²) in [5, 5.41) is 5.03. The van der Waals surface area contributed by atoms with E-state index in [2.05, 4.69) is 26.6 Å². The second kappa shape index (κ2) is 11.6. The van der Waals surface area contributed by atoms with Crippen LogP contribution in [0.25, 0.3) is 6.08 Å². The molecule has 0 bridgehead atoms. The molecule has 0 aliphatic heterocycles. The molecule has 0 aliphatic carbocycles. The highest BCUT2D eigenvalue weighted by molar-refractivity contribution is 9.10. The lowest BCUT2D eigenvalue weighted by atomic mass is 10.2. The van der Waals surface area contributed by atoms with Crippen LogP contribution in [0.3, 0.4) is 0 Å². The molecule has 2 aromatic rings. The molecule has 30 heavy (non-hydrogen) atoms. The van der Waals surface area contributed by atoms with Crippen molar-refractivity contribution in [1.82, 2.24) is 5.32 Å². The molecule has 0 aliphatic rings. The molecule has 0 radical (unpaired) electrons. The summed E-state index contributed by atoms with van der Waals surface area (Å²) in [5.41, 5.74) is 1.28. The molecule has 2 rings (SSSR count). The van der Waals surface area contributed by atoms with Crippen LogP contribution in [-0.2, 0) is 19.1 Å². The van der Waals surface area contributed by atoms with E-state index in [1.807, 2.05) is 6.07 Å². The Morgan fingerprint density at radius 1 is 1.00 bits per heavy atom. The second-order valence-electron chi connectivity index (χ2n) is 5.86. The highest BCUT2D eigenvalue weighted by atomic mass is 79.9. The van der Waals surface area contributed by atoms with Gasteiger partial charge in [0, 0.05) is 10.5 Å². The van der Waals surface area contributed by atoms with Crippen LogP contribution in [0.4, 0.5) is 5.69 Å². The summed E-state index contributed by atoms with van der Waals surface area (Å²) in [6.45, 7) is -0.753. The van der Waals surface area contributed by atoms with E-state index in [1.54, 1.807) is 36.4 Å². The number of rotatable bonds is 9. The third-order valence-electron chi connectivity index (χ3n) is 3.76. The Morgan fingerprint density at radius 3 is 2.43 bits per heavy atom. The Labute approximate surface area is 182 Å². The number of anilines is 1. The van der Waals surface area contributed by atoms with Crippen molar-refractivity contribution < 1.29 is 28.6 Å². The quantitative estimate of drug-likeness (QED) is 0.426. The molecule has 0 atom stereocenters. The van der Waals surface area contributed by atoms with Crippen LogP contribution in [0.2, 0.25) is 0 Å². The minimum absolute atomic E-state index is 0.251. The molecule has 0 spiro atoms. The first-order chi connectivity index (χ1) is 14.4. The zero-order chi connectivity index (χ0) is 21.9. The van der Waals surface area contributed by atoms with Crippen LogP contribution in [0.15, 0.2) is 53.0 Å². The van der Waals surface area contributed by atoms with E-state index in [4.69, 9.17) is 14.2 Å². The van der Waals surface area contributed by atoms with Gasteiger partial charge in [-0.25, -0.2) is 4.79 Å². The first kappa shape index (κ1) is 23.0. The molecule has 2 aromatic carbocycles. The number of carbonyl (C=O) groups excluding carboxylic acids is 3. The number of nitrogens with one attached hydrogen (secondary N) is 2. The van der Waals surface area contributed by atoms with Crippen molar-refractivity contribution in [1.29, 1.82) is 0 Å². The molecule has 2 amide bonds. The fourth-order valence-electron chi connectivity index (χ4n) is 2.29. The van der Waals surface area contributed by atoms with E-state index in [0.29, 0.717) is 22.7 Å². The average Bonchev–Trinajstić information content (AvgIpc) is 2.76. The third kappa shape index (κ3) is 7.25. The van der Waals surface area contributed by atoms with Gasteiger partial charge in [0.05, 0.1) is 26.5 Å². The topological polar surface area (TPSA) is 103 Å². The minimum atomic E-state index is -0.697. The summed E-state index contributed by atoms with van der Waals surface area (Å²) in [6, 6.07) is 12.2. The van der Waals surface area contributed by atoms with Crippen molar-refractivity contribution in [2.24, 2.45) is 0 Å². The number of amides is 2. The fourth-order valence-corrected chi connectivity index (χ4v) is 2.68. The number of halogens is 1. The first-order valence-electron chi connectivity index (χ1n) is 8.81. The van der Waals surface area contributed by atoms with Gasteiger partial charge in [-0.1, -0.05) is 18.2 Å². The number of ether oxygens (including phenoxy) is 3. The molecule has 9 heteroatoms. The van der Waals surface area contributed by atoms with Crippen LogP contribution < -0.4 is 20.1 Å². The number of methoxy groups -OCH3 is 2.